The maximum absolute atomic E-state index is 13.0. The fourth-order valence-electron chi connectivity index (χ4n) is 3.04. The van der Waals surface area contributed by atoms with Crippen molar-refractivity contribution in [3.05, 3.63) is 35.4 Å². The van der Waals surface area contributed by atoms with Gasteiger partial charge in [-0.1, -0.05) is 32.0 Å². The molecular weight excluding hydrogens is 319 g/mol. The summed E-state index contributed by atoms with van der Waals surface area (Å²) in [5.74, 6) is 0.306. The lowest BCUT2D eigenvalue weighted by atomic mass is 9.99. The van der Waals surface area contributed by atoms with Crippen molar-refractivity contribution in [2.75, 3.05) is 7.05 Å². The minimum atomic E-state index is -4.42. The smallest absolute Gasteiger partial charge is 0.340 e. The molecule has 0 bridgehead atoms. The highest BCUT2D eigenvalue weighted by molar-refractivity contribution is 5.82. The molecule has 1 aromatic rings. The first-order chi connectivity index (χ1) is 11.2. The van der Waals surface area contributed by atoms with E-state index in [1.54, 1.807) is 6.07 Å². The molecule has 1 amide bonds. The molecule has 2 unspecified atom stereocenters. The maximum atomic E-state index is 13.0. The number of halogens is 3. The van der Waals surface area contributed by atoms with Gasteiger partial charge in [-0.05, 0) is 30.4 Å². The lowest BCUT2D eigenvalue weighted by Gasteiger charge is -2.23. The third kappa shape index (κ3) is 4.70. The molecule has 1 saturated heterocycles. The van der Waals surface area contributed by atoms with Crippen LogP contribution in [0, 0.1) is 5.92 Å². The van der Waals surface area contributed by atoms with Gasteiger partial charge in [0.25, 0.3) is 0 Å². The van der Waals surface area contributed by atoms with Crippen LogP contribution in [-0.2, 0) is 17.5 Å². The summed E-state index contributed by atoms with van der Waals surface area (Å²) in [6.07, 6.45) is -2.84. The Bertz CT molecular complexity index is 574. The van der Waals surface area contributed by atoms with E-state index in [0.717, 1.165) is 12.5 Å². The van der Waals surface area contributed by atoms with Crippen LogP contribution in [0.5, 0.6) is 0 Å². The number of nitrogens with zero attached hydrogens (tertiary/aromatic N) is 1. The molecule has 2 rings (SSSR count). The molecule has 134 valence electrons. The lowest BCUT2D eigenvalue weighted by Crippen LogP contribution is -2.44. The number of hydrogen-bond donors (Lipinski definition) is 2. The van der Waals surface area contributed by atoms with Gasteiger partial charge in [0, 0.05) is 19.6 Å². The highest BCUT2D eigenvalue weighted by Gasteiger charge is 2.35. The predicted molar refractivity (Wildman–Crippen MR) is 85.8 cm³/mol. The van der Waals surface area contributed by atoms with Gasteiger partial charge in [0.1, 0.15) is 6.04 Å². The molecule has 0 spiro atoms. The molecule has 2 N–H and O–H groups in total. The van der Waals surface area contributed by atoms with E-state index in [-0.39, 0.29) is 24.1 Å². The third-order valence-corrected chi connectivity index (χ3v) is 4.14. The van der Waals surface area contributed by atoms with Crippen molar-refractivity contribution >= 4 is 5.91 Å². The van der Waals surface area contributed by atoms with Crippen molar-refractivity contribution in [1.29, 1.82) is 0 Å². The van der Waals surface area contributed by atoms with E-state index in [9.17, 15) is 18.0 Å². The summed E-state index contributed by atoms with van der Waals surface area (Å²) in [5, 5.41) is 0. The molecule has 0 aromatic heterocycles. The van der Waals surface area contributed by atoms with E-state index in [4.69, 9.17) is 0 Å². The van der Waals surface area contributed by atoms with Crippen molar-refractivity contribution in [3.63, 3.8) is 0 Å². The summed E-state index contributed by atoms with van der Waals surface area (Å²) in [7, 11) is 1.53. The van der Waals surface area contributed by atoms with Crippen molar-refractivity contribution in [1.82, 2.24) is 15.8 Å². The number of benzene rings is 1. The molecule has 1 aliphatic heterocycles. The molecule has 2 atom stereocenters. The van der Waals surface area contributed by atoms with Crippen molar-refractivity contribution in [2.45, 2.75) is 51.5 Å². The Labute approximate surface area is 140 Å². The molecule has 1 fully saturated rings. The first-order valence-corrected chi connectivity index (χ1v) is 8.09. The van der Waals surface area contributed by atoms with Crippen LogP contribution in [0.1, 0.15) is 37.8 Å². The minimum Gasteiger partial charge on any atom is -0.340 e. The largest absolute Gasteiger partial charge is 0.416 e. The van der Waals surface area contributed by atoms with Gasteiger partial charge in [-0.15, -0.1) is 0 Å². The van der Waals surface area contributed by atoms with Crippen LogP contribution >= 0.6 is 0 Å². The van der Waals surface area contributed by atoms with Crippen LogP contribution in [0.3, 0.4) is 0 Å². The zero-order chi connectivity index (χ0) is 17.9. The standard InChI is InChI=1S/C17H24F3N3O/c1-11(2)8-13-9-15(22-21-13)16(24)23(3)10-12-6-4-5-7-14(12)17(18,19)20/h4-7,11,13,15,21-22H,8-10H2,1-3H3. The predicted octanol–water partition coefficient (Wildman–Crippen LogP) is 2.95. The minimum absolute atomic E-state index is 0.0679. The van der Waals surface area contributed by atoms with E-state index in [2.05, 4.69) is 24.7 Å². The van der Waals surface area contributed by atoms with Gasteiger partial charge in [-0.25, -0.2) is 5.43 Å². The highest BCUT2D eigenvalue weighted by Crippen LogP contribution is 2.32. The molecule has 0 saturated carbocycles. The number of nitrogens with one attached hydrogen (secondary N) is 2. The van der Waals surface area contributed by atoms with E-state index < -0.39 is 17.8 Å². The van der Waals surface area contributed by atoms with Crippen LogP contribution in [0.2, 0.25) is 0 Å². The van der Waals surface area contributed by atoms with Crippen LogP contribution < -0.4 is 10.9 Å². The van der Waals surface area contributed by atoms with Gasteiger partial charge in [-0.3, -0.25) is 10.2 Å². The summed E-state index contributed by atoms with van der Waals surface area (Å²) in [6.45, 7) is 4.15. The zero-order valence-corrected chi connectivity index (χ0v) is 14.2. The number of rotatable bonds is 5. The Morgan fingerprint density at radius 2 is 1.96 bits per heavy atom. The summed E-state index contributed by atoms with van der Waals surface area (Å²) >= 11 is 0. The summed E-state index contributed by atoms with van der Waals surface area (Å²) in [5.41, 5.74) is 5.46. The Hall–Kier alpha value is -1.60. The molecule has 24 heavy (non-hydrogen) atoms. The lowest BCUT2D eigenvalue weighted by molar-refractivity contribution is -0.139. The zero-order valence-electron chi connectivity index (χ0n) is 14.2. The number of likely N-dealkylation sites (N-methyl/N-ethyl adjacent to an activating group) is 1. The Balaban J connectivity index is 2.01. The fraction of sp³-hybridized carbons (Fsp3) is 0.588. The molecule has 1 aliphatic rings. The van der Waals surface area contributed by atoms with Gasteiger partial charge < -0.3 is 4.90 Å². The Morgan fingerprint density at radius 3 is 2.58 bits per heavy atom. The van der Waals surface area contributed by atoms with Gasteiger partial charge in [0.15, 0.2) is 0 Å². The highest BCUT2D eigenvalue weighted by atomic mass is 19.4. The van der Waals surface area contributed by atoms with E-state index in [0.29, 0.717) is 12.3 Å². The van der Waals surface area contributed by atoms with E-state index in [1.807, 2.05) is 0 Å². The summed E-state index contributed by atoms with van der Waals surface area (Å²) in [6, 6.07) is 5.16. The first-order valence-electron chi connectivity index (χ1n) is 8.09. The number of hydrazine groups is 1. The molecule has 1 aromatic carbocycles. The van der Waals surface area contributed by atoms with Gasteiger partial charge in [-0.2, -0.15) is 13.2 Å². The Morgan fingerprint density at radius 1 is 1.29 bits per heavy atom. The fourth-order valence-corrected chi connectivity index (χ4v) is 3.04. The second kappa shape index (κ2) is 7.53. The quantitative estimate of drug-likeness (QED) is 0.864. The number of hydrogen-bond acceptors (Lipinski definition) is 3. The molecule has 7 heteroatoms. The normalized spacial score (nSPS) is 21.3. The van der Waals surface area contributed by atoms with Crippen LogP contribution in [0.4, 0.5) is 13.2 Å². The first kappa shape index (κ1) is 18.7. The number of carbonyl (C=O) groups excluding carboxylic acids is 1. The SMILES string of the molecule is CC(C)CC1CC(C(=O)N(C)Cc2ccccc2C(F)(F)F)NN1. The molecular formula is C17H24F3N3O. The molecule has 0 aliphatic carbocycles. The van der Waals surface area contributed by atoms with E-state index >= 15 is 0 Å². The van der Waals surface area contributed by atoms with Crippen molar-refractivity contribution < 1.29 is 18.0 Å². The van der Waals surface area contributed by atoms with Crippen LogP contribution in [0.15, 0.2) is 24.3 Å². The third-order valence-electron chi connectivity index (χ3n) is 4.14. The molecule has 4 nitrogen and oxygen atoms in total. The van der Waals surface area contributed by atoms with Gasteiger partial charge in [0.05, 0.1) is 5.56 Å². The second-order valence-corrected chi connectivity index (χ2v) is 6.75. The molecule has 1 heterocycles. The number of amides is 1. The molecule has 0 radical (unpaired) electrons. The van der Waals surface area contributed by atoms with Gasteiger partial charge in [0.2, 0.25) is 5.91 Å². The van der Waals surface area contributed by atoms with Crippen LogP contribution in [-0.4, -0.2) is 29.9 Å². The van der Waals surface area contributed by atoms with Crippen LogP contribution in [0.25, 0.3) is 0 Å². The van der Waals surface area contributed by atoms with Crippen molar-refractivity contribution in [3.8, 4) is 0 Å². The monoisotopic (exact) mass is 343 g/mol. The topological polar surface area (TPSA) is 44.4 Å². The second-order valence-electron chi connectivity index (χ2n) is 6.75. The summed E-state index contributed by atoms with van der Waals surface area (Å²) < 4.78 is 39.1. The maximum Gasteiger partial charge on any atom is 0.416 e. The Kier molecular flexibility index (Phi) is 5.87. The van der Waals surface area contributed by atoms with Gasteiger partial charge >= 0.3 is 6.18 Å². The average molecular weight is 343 g/mol. The van der Waals surface area contributed by atoms with Crippen molar-refractivity contribution in [2.24, 2.45) is 5.92 Å². The average Bonchev–Trinajstić information content (AvgIpc) is 2.93. The van der Waals surface area contributed by atoms with E-state index in [1.165, 1.54) is 24.1 Å². The number of carbonyl (C=O) groups is 1. The summed E-state index contributed by atoms with van der Waals surface area (Å²) in [4.78, 5) is 13.8. The number of alkyl halides is 3.